The van der Waals surface area contributed by atoms with Crippen LogP contribution >= 0.6 is 0 Å². The zero-order chi connectivity index (χ0) is 15.5. The van der Waals surface area contributed by atoms with E-state index in [1.807, 2.05) is 0 Å². The van der Waals surface area contributed by atoms with Gasteiger partial charge in [0.2, 0.25) is 0 Å². The second kappa shape index (κ2) is 5.90. The van der Waals surface area contributed by atoms with Gasteiger partial charge in [-0.1, -0.05) is 0 Å². The molecule has 4 nitrogen and oxygen atoms in total. The van der Waals surface area contributed by atoms with Gasteiger partial charge < -0.3 is 15.2 Å². The summed E-state index contributed by atoms with van der Waals surface area (Å²) in [7, 11) is 1.50. The molecule has 112 valence electrons. The first-order chi connectivity index (χ1) is 9.90. The molecule has 7 heteroatoms. The maximum Gasteiger partial charge on any atom is 0.433 e. The van der Waals surface area contributed by atoms with Crippen LogP contribution in [0.15, 0.2) is 36.5 Å². The molecule has 2 N–H and O–H groups in total. The maximum absolute atomic E-state index is 12.4. The first-order valence-corrected chi connectivity index (χ1v) is 6.03. The Balaban J connectivity index is 2.06. The minimum Gasteiger partial charge on any atom is -0.508 e. The number of halogens is 3. The van der Waals surface area contributed by atoms with Crippen molar-refractivity contribution in [2.75, 3.05) is 12.4 Å². The predicted octanol–water partition coefficient (Wildman–Crippen LogP) is 3.43. The Labute approximate surface area is 119 Å². The van der Waals surface area contributed by atoms with Gasteiger partial charge in [-0.05, 0) is 30.3 Å². The number of nitrogens with one attached hydrogen (secondary N) is 1. The summed E-state index contributed by atoms with van der Waals surface area (Å²) < 4.78 is 42.2. The predicted molar refractivity (Wildman–Crippen MR) is 71.2 cm³/mol. The van der Waals surface area contributed by atoms with Crippen molar-refractivity contribution in [2.45, 2.75) is 12.7 Å². The molecule has 21 heavy (non-hydrogen) atoms. The number of aromatic hydroxyl groups is 1. The van der Waals surface area contributed by atoms with Crippen LogP contribution < -0.4 is 10.1 Å². The number of pyridine rings is 1. The highest BCUT2D eigenvalue weighted by atomic mass is 19.4. The molecule has 0 aliphatic rings. The Morgan fingerprint density at radius 1 is 1.24 bits per heavy atom. The average molecular weight is 298 g/mol. The number of nitrogens with zero attached hydrogens (tertiary/aromatic N) is 1. The summed E-state index contributed by atoms with van der Waals surface area (Å²) in [6.45, 7) is 0.232. The van der Waals surface area contributed by atoms with Crippen LogP contribution in [-0.4, -0.2) is 17.2 Å². The van der Waals surface area contributed by atoms with Crippen molar-refractivity contribution >= 4 is 5.69 Å². The van der Waals surface area contributed by atoms with Crippen molar-refractivity contribution < 1.29 is 23.0 Å². The highest BCUT2D eigenvalue weighted by molar-refractivity contribution is 5.45. The van der Waals surface area contributed by atoms with Gasteiger partial charge in [0.15, 0.2) is 0 Å². The fourth-order valence-corrected chi connectivity index (χ4v) is 1.69. The molecule has 2 aromatic rings. The summed E-state index contributed by atoms with van der Waals surface area (Å²) in [6.07, 6.45) is -3.36. The normalized spacial score (nSPS) is 11.2. The molecule has 0 fully saturated rings. The molecule has 0 atom stereocenters. The molecule has 0 unspecified atom stereocenters. The minimum absolute atomic E-state index is 0.0724. The summed E-state index contributed by atoms with van der Waals surface area (Å²) in [5, 5.41) is 12.6. The summed E-state index contributed by atoms with van der Waals surface area (Å²) in [4.78, 5) is 3.34. The molecule has 1 aromatic carbocycles. The molecule has 0 saturated carbocycles. The van der Waals surface area contributed by atoms with Gasteiger partial charge in [-0.2, -0.15) is 13.2 Å². The zero-order valence-corrected chi connectivity index (χ0v) is 11.1. The Morgan fingerprint density at radius 3 is 2.57 bits per heavy atom. The fourth-order valence-electron chi connectivity index (χ4n) is 1.69. The van der Waals surface area contributed by atoms with E-state index in [0.717, 1.165) is 12.3 Å². The second-order valence-electron chi connectivity index (χ2n) is 4.28. The Bertz CT molecular complexity index is 613. The van der Waals surface area contributed by atoms with Gasteiger partial charge in [0.1, 0.15) is 17.2 Å². The minimum atomic E-state index is -4.45. The molecule has 0 bridgehead atoms. The Kier molecular flexibility index (Phi) is 4.21. The summed E-state index contributed by atoms with van der Waals surface area (Å²) in [5.41, 5.74) is 0.0387. The SMILES string of the molecule is COc1ccc(O)c(CNc2ccc(C(F)(F)F)nc2)c1. The lowest BCUT2D eigenvalue weighted by Crippen LogP contribution is -2.08. The molecule has 0 saturated heterocycles. The smallest absolute Gasteiger partial charge is 0.433 e. The van der Waals surface area contributed by atoms with Gasteiger partial charge in [0.25, 0.3) is 0 Å². The maximum atomic E-state index is 12.4. The number of aromatic nitrogens is 1. The molecular weight excluding hydrogens is 285 g/mol. The van der Waals surface area contributed by atoms with Crippen LogP contribution in [-0.2, 0) is 12.7 Å². The summed E-state index contributed by atoms with van der Waals surface area (Å²) in [6, 6.07) is 6.92. The molecule has 2 rings (SSSR count). The van der Waals surface area contributed by atoms with Crippen LogP contribution in [0.2, 0.25) is 0 Å². The number of rotatable bonds is 4. The number of alkyl halides is 3. The van der Waals surface area contributed by atoms with E-state index in [2.05, 4.69) is 10.3 Å². The standard InChI is InChI=1S/C14H13F3N2O2/c1-21-11-3-4-12(20)9(6-11)7-18-10-2-5-13(19-8-10)14(15,16)17/h2-6,8,18,20H,7H2,1H3. The third-order valence-corrected chi connectivity index (χ3v) is 2.82. The number of hydrogen-bond donors (Lipinski definition) is 2. The van der Waals surface area contributed by atoms with E-state index in [4.69, 9.17) is 4.74 Å². The van der Waals surface area contributed by atoms with E-state index in [1.54, 1.807) is 12.1 Å². The van der Waals surface area contributed by atoms with Crippen molar-refractivity contribution in [2.24, 2.45) is 0 Å². The van der Waals surface area contributed by atoms with Crippen LogP contribution in [0.5, 0.6) is 11.5 Å². The van der Waals surface area contributed by atoms with Crippen molar-refractivity contribution in [1.29, 1.82) is 0 Å². The molecule has 0 radical (unpaired) electrons. The van der Waals surface area contributed by atoms with E-state index in [0.29, 0.717) is 17.0 Å². The van der Waals surface area contributed by atoms with Gasteiger partial charge in [0, 0.05) is 12.1 Å². The topological polar surface area (TPSA) is 54.4 Å². The van der Waals surface area contributed by atoms with Crippen molar-refractivity contribution in [3.8, 4) is 11.5 Å². The number of methoxy groups -OCH3 is 1. The molecular formula is C14H13F3N2O2. The van der Waals surface area contributed by atoms with E-state index in [9.17, 15) is 18.3 Å². The first kappa shape index (κ1) is 15.0. The quantitative estimate of drug-likeness (QED) is 0.908. The van der Waals surface area contributed by atoms with E-state index in [1.165, 1.54) is 19.2 Å². The van der Waals surface area contributed by atoms with Crippen molar-refractivity contribution in [3.05, 3.63) is 47.8 Å². The third kappa shape index (κ3) is 3.77. The van der Waals surface area contributed by atoms with E-state index >= 15 is 0 Å². The number of phenolic OH excluding ortho intramolecular Hbond substituents is 1. The van der Waals surface area contributed by atoms with Crippen LogP contribution in [0, 0.1) is 0 Å². The summed E-state index contributed by atoms with van der Waals surface area (Å²) in [5.74, 6) is 0.651. The zero-order valence-electron chi connectivity index (χ0n) is 11.1. The summed E-state index contributed by atoms with van der Waals surface area (Å²) >= 11 is 0. The van der Waals surface area contributed by atoms with Crippen molar-refractivity contribution in [3.63, 3.8) is 0 Å². The van der Waals surface area contributed by atoms with Crippen LogP contribution in [0.3, 0.4) is 0 Å². The number of ether oxygens (including phenoxy) is 1. The molecule has 0 amide bonds. The van der Waals surface area contributed by atoms with Crippen LogP contribution in [0.1, 0.15) is 11.3 Å². The molecule has 1 heterocycles. The number of benzene rings is 1. The second-order valence-corrected chi connectivity index (χ2v) is 4.28. The molecule has 0 aliphatic heterocycles. The lowest BCUT2D eigenvalue weighted by Gasteiger charge is -2.10. The number of hydrogen-bond acceptors (Lipinski definition) is 4. The van der Waals surface area contributed by atoms with Gasteiger partial charge in [0.05, 0.1) is 19.0 Å². The first-order valence-electron chi connectivity index (χ1n) is 6.03. The van der Waals surface area contributed by atoms with Gasteiger partial charge in [-0.3, -0.25) is 0 Å². The molecule has 0 spiro atoms. The Morgan fingerprint density at radius 2 is 2.00 bits per heavy atom. The Hall–Kier alpha value is -2.44. The largest absolute Gasteiger partial charge is 0.508 e. The third-order valence-electron chi connectivity index (χ3n) is 2.82. The van der Waals surface area contributed by atoms with Crippen LogP contribution in [0.4, 0.5) is 18.9 Å². The van der Waals surface area contributed by atoms with E-state index in [-0.39, 0.29) is 12.3 Å². The monoisotopic (exact) mass is 298 g/mol. The van der Waals surface area contributed by atoms with E-state index < -0.39 is 11.9 Å². The van der Waals surface area contributed by atoms with Crippen LogP contribution in [0.25, 0.3) is 0 Å². The number of anilines is 1. The lowest BCUT2D eigenvalue weighted by atomic mass is 10.2. The van der Waals surface area contributed by atoms with Gasteiger partial charge in [-0.25, -0.2) is 4.98 Å². The van der Waals surface area contributed by atoms with Crippen molar-refractivity contribution in [1.82, 2.24) is 4.98 Å². The molecule has 0 aliphatic carbocycles. The highest BCUT2D eigenvalue weighted by Gasteiger charge is 2.31. The number of phenols is 1. The fraction of sp³-hybridized carbons (Fsp3) is 0.214. The lowest BCUT2D eigenvalue weighted by molar-refractivity contribution is -0.141. The van der Waals surface area contributed by atoms with Gasteiger partial charge in [-0.15, -0.1) is 0 Å². The van der Waals surface area contributed by atoms with Gasteiger partial charge >= 0.3 is 6.18 Å². The average Bonchev–Trinajstić information content (AvgIpc) is 2.46. The highest BCUT2D eigenvalue weighted by Crippen LogP contribution is 2.28. The molecule has 1 aromatic heterocycles.